The number of carbonyl (C=O) groups excluding carboxylic acids is 4. The van der Waals surface area contributed by atoms with Gasteiger partial charge >= 0.3 is 12.1 Å². The number of benzene rings is 4. The third-order valence-corrected chi connectivity index (χ3v) is 17.5. The zero-order chi connectivity index (χ0) is 65.0. The van der Waals surface area contributed by atoms with E-state index in [4.69, 9.17) is 56.8 Å². The van der Waals surface area contributed by atoms with Crippen molar-refractivity contribution in [3.05, 3.63) is 164 Å². The number of ether oxygens (including phenoxy) is 12. The predicted molar refractivity (Wildman–Crippen MR) is 333 cm³/mol. The number of Topliss-reactive ketones (excluding diaryl/α,β-unsaturated/α-hetero) is 2. The lowest BCUT2D eigenvalue weighted by atomic mass is 9.85. The molecule has 0 aromatic heterocycles. The van der Waals surface area contributed by atoms with Crippen molar-refractivity contribution in [2.24, 2.45) is 33.9 Å². The second-order valence-electron chi connectivity index (χ2n) is 24.1. The minimum Gasteiger partial charge on any atom is -0.454 e. The molecule has 4 fully saturated rings. The van der Waals surface area contributed by atoms with E-state index < -0.39 is 140 Å². The Labute approximate surface area is 533 Å². The molecule has 0 saturated carbocycles. The molecule has 4 aliphatic rings. The number of hydrogen-bond acceptors (Lipinski definition) is 18. The van der Waals surface area contributed by atoms with Gasteiger partial charge < -0.3 is 61.7 Å². The number of azide groups is 2. The van der Waals surface area contributed by atoms with Crippen LogP contribution in [0.5, 0.6) is 0 Å². The van der Waals surface area contributed by atoms with Crippen LogP contribution in [0.3, 0.4) is 0 Å². The van der Waals surface area contributed by atoms with Crippen LogP contribution in [0, 0.1) is 23.7 Å². The van der Waals surface area contributed by atoms with Gasteiger partial charge in [-0.1, -0.05) is 173 Å². The Bertz CT molecular complexity index is 3020. The molecule has 9 unspecified atom stereocenters. The molecule has 0 bridgehead atoms. The summed E-state index contributed by atoms with van der Waals surface area (Å²) in [5.74, 6) is -3.67. The Morgan fingerprint density at radius 3 is 1.45 bits per heavy atom. The fraction of sp³-hybridized carbons (Fsp3) is 0.588. The number of esters is 1. The van der Waals surface area contributed by atoms with Crippen LogP contribution >= 0.6 is 0 Å². The van der Waals surface area contributed by atoms with Gasteiger partial charge in [0.2, 0.25) is 0 Å². The summed E-state index contributed by atoms with van der Waals surface area (Å²) in [5, 5.41) is 8.42. The van der Waals surface area contributed by atoms with Gasteiger partial charge in [-0.25, -0.2) is 4.79 Å². The zero-order valence-electron chi connectivity index (χ0n) is 53.5. The summed E-state index contributed by atoms with van der Waals surface area (Å²) in [7, 11) is 0. The van der Waals surface area contributed by atoms with Crippen LogP contribution in [-0.2, 0) is 97.6 Å². The van der Waals surface area contributed by atoms with E-state index in [1.54, 1.807) is 11.8 Å². The second-order valence-corrected chi connectivity index (χ2v) is 24.1. The van der Waals surface area contributed by atoms with Crippen molar-refractivity contribution in [2.45, 2.75) is 219 Å². The molecule has 23 heteroatoms. The van der Waals surface area contributed by atoms with Crippen molar-refractivity contribution in [3.8, 4) is 0 Å². The molecule has 4 saturated heterocycles. The molecule has 4 aliphatic heterocycles. The van der Waals surface area contributed by atoms with Crippen LogP contribution in [0.2, 0.25) is 0 Å². The van der Waals surface area contributed by atoms with Gasteiger partial charge in [0.05, 0.1) is 55.8 Å². The third-order valence-electron chi connectivity index (χ3n) is 17.5. The number of unbranched alkanes of at least 4 members (excludes halogenated alkanes) is 2. The van der Waals surface area contributed by atoms with E-state index in [-0.39, 0.29) is 32.2 Å². The van der Waals surface area contributed by atoms with Crippen LogP contribution in [-0.4, -0.2) is 140 Å². The van der Waals surface area contributed by atoms with Crippen molar-refractivity contribution in [1.29, 1.82) is 0 Å². The molecule has 8 rings (SSSR count). The average Bonchev–Trinajstić information content (AvgIpc) is 0.900. The van der Waals surface area contributed by atoms with Crippen LogP contribution < -0.4 is 0 Å². The Balaban J connectivity index is 0.959. The highest BCUT2D eigenvalue weighted by molar-refractivity contribution is 5.81. The molecule has 4 aromatic carbocycles. The van der Waals surface area contributed by atoms with Gasteiger partial charge in [0.1, 0.15) is 31.0 Å². The molecule has 0 N–H and O–H groups in total. The SMILES string of the molecule is CCC1O[C@H](OCCCCCN(Cc2ccccc2)C(=O)OCc2ccccc2)C(N=[N+]=[N-])C(C)[C@@H]1O[C@@H]1O[C@@H](C(C)=O)[C@@H](O[C@H]2OC(CC)[C@@H](O[C@@H]3OC(C(C)=O)[C@@H](C)[C@@H](OCc4ccccc4)C3OC(C)=O)[C@H](C)C2N=[N+]=[N-])C(OCc2ccccc2)C1C. The maximum atomic E-state index is 14.1. The number of hydrogen-bond donors (Lipinski definition) is 0. The molecule has 23 nitrogen and oxygen atoms in total. The summed E-state index contributed by atoms with van der Waals surface area (Å²) in [6.07, 6.45) is -11.5. The molecular weight excluding hydrogens is 1170 g/mol. The van der Waals surface area contributed by atoms with Gasteiger partial charge in [0.15, 0.2) is 42.8 Å². The summed E-state index contributed by atoms with van der Waals surface area (Å²) >= 11 is 0. The van der Waals surface area contributed by atoms with Gasteiger partial charge in [0, 0.05) is 48.3 Å². The summed E-state index contributed by atoms with van der Waals surface area (Å²) in [5.41, 5.74) is 23.7. The van der Waals surface area contributed by atoms with Crippen LogP contribution in [0.1, 0.15) is 117 Å². The van der Waals surface area contributed by atoms with Crippen molar-refractivity contribution in [1.82, 2.24) is 4.90 Å². The molecule has 0 radical (unpaired) electrons. The van der Waals surface area contributed by atoms with E-state index in [9.17, 15) is 30.2 Å². The second kappa shape index (κ2) is 34.7. The highest BCUT2D eigenvalue weighted by Crippen LogP contribution is 2.42. The summed E-state index contributed by atoms with van der Waals surface area (Å²) in [6, 6.07) is 36.4. The van der Waals surface area contributed by atoms with E-state index in [1.165, 1.54) is 20.8 Å². The fourth-order valence-corrected chi connectivity index (χ4v) is 12.6. The molecule has 1 amide bonds. The number of amides is 1. The first-order chi connectivity index (χ1) is 44.0. The molecular formula is C68H89N7O16. The van der Waals surface area contributed by atoms with E-state index in [0.29, 0.717) is 38.8 Å². The lowest BCUT2D eigenvalue weighted by molar-refractivity contribution is -0.358. The fourth-order valence-electron chi connectivity index (χ4n) is 12.6. The Morgan fingerprint density at radius 2 is 0.945 bits per heavy atom. The number of rotatable bonds is 30. The molecule has 20 atom stereocenters. The minimum atomic E-state index is -1.33. The normalized spacial score (nSPS) is 31.4. The Kier molecular flexibility index (Phi) is 26.7. The van der Waals surface area contributed by atoms with Gasteiger partial charge in [-0.2, -0.15) is 0 Å². The summed E-state index contributed by atoms with van der Waals surface area (Å²) in [6.45, 7) is 16.9. The van der Waals surface area contributed by atoms with Gasteiger partial charge in [-0.3, -0.25) is 14.4 Å². The highest BCUT2D eigenvalue weighted by atomic mass is 16.8. The summed E-state index contributed by atoms with van der Waals surface area (Å²) in [4.78, 5) is 61.7. The first-order valence-electron chi connectivity index (χ1n) is 31.8. The van der Waals surface area contributed by atoms with E-state index >= 15 is 0 Å². The van der Waals surface area contributed by atoms with Gasteiger partial charge in [-0.05, 0) is 91.1 Å². The first kappa shape index (κ1) is 70.1. The largest absolute Gasteiger partial charge is 0.454 e. The maximum Gasteiger partial charge on any atom is 0.410 e. The van der Waals surface area contributed by atoms with Crippen molar-refractivity contribution in [2.75, 3.05) is 13.2 Å². The summed E-state index contributed by atoms with van der Waals surface area (Å²) < 4.78 is 78.6. The molecule has 0 aliphatic carbocycles. The van der Waals surface area contributed by atoms with Crippen LogP contribution in [0.15, 0.2) is 132 Å². The monoisotopic (exact) mass is 1260 g/mol. The molecule has 492 valence electrons. The molecule has 4 aromatic rings. The quantitative estimate of drug-likeness (QED) is 0.0154. The van der Waals surface area contributed by atoms with Crippen molar-refractivity contribution < 1.29 is 76.0 Å². The third kappa shape index (κ3) is 18.7. The minimum absolute atomic E-state index is 0.106. The zero-order valence-corrected chi connectivity index (χ0v) is 53.5. The van der Waals surface area contributed by atoms with Crippen molar-refractivity contribution >= 4 is 23.6 Å². The number of ketones is 2. The predicted octanol–water partition coefficient (Wildman–Crippen LogP) is 12.1. The molecule has 4 heterocycles. The van der Waals surface area contributed by atoms with E-state index in [1.807, 2.05) is 156 Å². The standard InChI is InChI=1S/C68H89N7O16/c1-10-52-57(41(3)54(71-73-69)65(85-52)80-36-26-16-25-35-75(37-48-27-17-12-18-28-48)68(79)83-40-51-33-23-15-24-34-51)88-64-44(6)60(82-39-50-31-21-14-22-32-50)62(61(90-64)46(8)77)91-66-55(72-74-70)42(4)58(53(11-2)86-66)89-67-63(84-47(9)78)59(43(5)56(87-67)45(7)76)81-38-49-29-19-13-20-30-49/h12-15,17-24,27-34,41-44,52-67H,10-11,16,25-26,35-40H2,1-9H3/t41?,42-,43-,44?,52?,53?,54?,55?,56?,57+,58+,59-,60?,61+,62+,63?,64-,65+,66-,67+/m1/s1. The smallest absolute Gasteiger partial charge is 0.410 e. The number of carbonyl (C=O) groups is 4. The topological polar surface area (TPSA) is 280 Å². The van der Waals surface area contributed by atoms with Gasteiger partial charge in [0.25, 0.3) is 0 Å². The van der Waals surface area contributed by atoms with Gasteiger partial charge in [-0.15, -0.1) is 0 Å². The van der Waals surface area contributed by atoms with Crippen LogP contribution in [0.4, 0.5) is 4.79 Å². The van der Waals surface area contributed by atoms with Crippen molar-refractivity contribution in [3.63, 3.8) is 0 Å². The highest BCUT2D eigenvalue weighted by Gasteiger charge is 2.56. The van der Waals surface area contributed by atoms with Crippen LogP contribution in [0.25, 0.3) is 20.9 Å². The number of nitrogens with zero attached hydrogens (tertiary/aromatic N) is 7. The first-order valence-corrected chi connectivity index (χ1v) is 31.8. The van der Waals surface area contributed by atoms with E-state index in [0.717, 1.165) is 28.7 Å². The molecule has 0 spiro atoms. The lowest BCUT2D eigenvalue weighted by Gasteiger charge is -2.51. The van der Waals surface area contributed by atoms with E-state index in [2.05, 4.69) is 20.1 Å². The Morgan fingerprint density at radius 1 is 0.484 bits per heavy atom. The Hall–Kier alpha value is -6.82. The maximum absolute atomic E-state index is 14.1. The average molecular weight is 1260 g/mol. The lowest BCUT2D eigenvalue weighted by Crippen LogP contribution is -2.64. The molecule has 91 heavy (non-hydrogen) atoms.